The molecule has 1 atom stereocenters. The van der Waals surface area contributed by atoms with Crippen molar-refractivity contribution in [2.75, 3.05) is 11.5 Å². The minimum absolute atomic E-state index is 0.167. The van der Waals surface area contributed by atoms with Crippen LogP contribution in [0.15, 0.2) is 0 Å². The van der Waals surface area contributed by atoms with E-state index in [9.17, 15) is 8.42 Å². The second-order valence-corrected chi connectivity index (χ2v) is 7.25. The van der Waals surface area contributed by atoms with Gasteiger partial charge in [-0.25, -0.2) is 8.42 Å². The Morgan fingerprint density at radius 2 is 2.07 bits per heavy atom. The van der Waals surface area contributed by atoms with E-state index in [1.165, 1.54) is 0 Å². The van der Waals surface area contributed by atoms with Crippen molar-refractivity contribution >= 4 is 27.2 Å². The summed E-state index contributed by atoms with van der Waals surface area (Å²) in [6.45, 7) is 5.87. The summed E-state index contributed by atoms with van der Waals surface area (Å²) in [4.78, 5) is 0. The first-order valence-corrected chi connectivity index (χ1v) is 7.24. The number of rotatable bonds is 2. The molecule has 2 N–H and O–H groups in total. The van der Waals surface area contributed by atoms with Gasteiger partial charge in [0.15, 0.2) is 14.9 Å². The van der Waals surface area contributed by atoms with Crippen LogP contribution >= 0.6 is 12.2 Å². The molecule has 0 aromatic carbocycles. The monoisotopic (exact) mass is 250 g/mol. The molecule has 0 amide bonds. The van der Waals surface area contributed by atoms with Gasteiger partial charge in [-0.3, -0.25) is 0 Å². The maximum absolute atomic E-state index is 11.3. The highest BCUT2D eigenvalue weighted by atomic mass is 32.2. The SMILES string of the molecule is CC(C)NC(=S)NC1(C)CCS(=O)(=O)C1. The molecule has 0 aromatic rings. The fraction of sp³-hybridized carbons (Fsp3) is 0.889. The Hall–Kier alpha value is -0.360. The number of hydrogen-bond acceptors (Lipinski definition) is 3. The third-order valence-electron chi connectivity index (χ3n) is 2.34. The van der Waals surface area contributed by atoms with Gasteiger partial charge in [-0.1, -0.05) is 0 Å². The Kier molecular flexibility index (Phi) is 3.60. The maximum Gasteiger partial charge on any atom is 0.166 e. The lowest BCUT2D eigenvalue weighted by atomic mass is 10.0. The molecule has 0 radical (unpaired) electrons. The van der Waals surface area contributed by atoms with Gasteiger partial charge in [-0.05, 0) is 39.4 Å². The normalized spacial score (nSPS) is 29.1. The molecule has 6 heteroatoms. The quantitative estimate of drug-likeness (QED) is 0.696. The van der Waals surface area contributed by atoms with Gasteiger partial charge in [0.05, 0.1) is 17.0 Å². The summed E-state index contributed by atoms with van der Waals surface area (Å²) in [6.07, 6.45) is 0.620. The van der Waals surface area contributed by atoms with Crippen molar-refractivity contribution in [3.05, 3.63) is 0 Å². The summed E-state index contributed by atoms with van der Waals surface area (Å²) >= 11 is 5.10. The number of thiocarbonyl (C=S) groups is 1. The van der Waals surface area contributed by atoms with Crippen molar-refractivity contribution in [2.45, 2.75) is 38.8 Å². The van der Waals surface area contributed by atoms with E-state index >= 15 is 0 Å². The maximum atomic E-state index is 11.3. The molecule has 4 nitrogen and oxygen atoms in total. The van der Waals surface area contributed by atoms with Gasteiger partial charge < -0.3 is 10.6 Å². The molecule has 0 aromatic heterocycles. The fourth-order valence-electron chi connectivity index (χ4n) is 1.68. The zero-order valence-corrected chi connectivity index (χ0v) is 11.0. The van der Waals surface area contributed by atoms with Crippen molar-refractivity contribution in [2.24, 2.45) is 0 Å². The van der Waals surface area contributed by atoms with Crippen LogP contribution in [-0.4, -0.2) is 36.6 Å². The van der Waals surface area contributed by atoms with Crippen molar-refractivity contribution in [1.82, 2.24) is 10.6 Å². The first kappa shape index (κ1) is 12.7. The molecule has 0 saturated carbocycles. The number of hydrogen-bond donors (Lipinski definition) is 2. The Morgan fingerprint density at radius 1 is 1.47 bits per heavy atom. The van der Waals surface area contributed by atoms with Crippen LogP contribution in [-0.2, 0) is 9.84 Å². The van der Waals surface area contributed by atoms with E-state index < -0.39 is 15.4 Å². The molecule has 1 fully saturated rings. The van der Waals surface area contributed by atoms with Crippen LogP contribution in [0.4, 0.5) is 0 Å². The largest absolute Gasteiger partial charge is 0.361 e. The van der Waals surface area contributed by atoms with Crippen molar-refractivity contribution in [3.8, 4) is 0 Å². The van der Waals surface area contributed by atoms with Gasteiger partial charge in [0.25, 0.3) is 0 Å². The van der Waals surface area contributed by atoms with E-state index in [4.69, 9.17) is 12.2 Å². The smallest absolute Gasteiger partial charge is 0.166 e. The van der Waals surface area contributed by atoms with E-state index in [-0.39, 0.29) is 17.5 Å². The molecule has 1 heterocycles. The summed E-state index contributed by atoms with van der Waals surface area (Å²) < 4.78 is 22.7. The van der Waals surface area contributed by atoms with Gasteiger partial charge in [-0.2, -0.15) is 0 Å². The third-order valence-corrected chi connectivity index (χ3v) is 4.46. The lowest BCUT2D eigenvalue weighted by molar-refractivity contribution is 0.465. The van der Waals surface area contributed by atoms with Crippen LogP contribution in [0.3, 0.4) is 0 Å². The lowest BCUT2D eigenvalue weighted by Crippen LogP contribution is -2.52. The molecule has 1 rings (SSSR count). The second kappa shape index (κ2) is 4.25. The van der Waals surface area contributed by atoms with Crippen LogP contribution in [0.5, 0.6) is 0 Å². The number of nitrogens with one attached hydrogen (secondary N) is 2. The van der Waals surface area contributed by atoms with E-state index in [0.29, 0.717) is 11.5 Å². The Morgan fingerprint density at radius 3 is 2.47 bits per heavy atom. The molecule has 88 valence electrons. The summed E-state index contributed by atoms with van der Waals surface area (Å²) in [7, 11) is -2.88. The van der Waals surface area contributed by atoms with E-state index in [1.807, 2.05) is 20.8 Å². The molecule has 1 aliphatic rings. The van der Waals surface area contributed by atoms with Crippen molar-refractivity contribution in [1.29, 1.82) is 0 Å². The van der Waals surface area contributed by atoms with Gasteiger partial charge in [0, 0.05) is 6.04 Å². The first-order valence-electron chi connectivity index (χ1n) is 5.02. The molecule has 0 aliphatic carbocycles. The third kappa shape index (κ3) is 3.95. The van der Waals surface area contributed by atoms with Gasteiger partial charge in [-0.15, -0.1) is 0 Å². The minimum atomic E-state index is -2.88. The summed E-state index contributed by atoms with van der Waals surface area (Å²) in [5.74, 6) is 0.417. The molecule has 0 bridgehead atoms. The lowest BCUT2D eigenvalue weighted by Gasteiger charge is -2.26. The van der Waals surface area contributed by atoms with E-state index in [0.717, 1.165) is 0 Å². The Labute approximate surface area is 96.7 Å². The van der Waals surface area contributed by atoms with Crippen LogP contribution in [0.1, 0.15) is 27.2 Å². The standard InChI is InChI=1S/C9H18N2O2S2/c1-7(2)10-8(14)11-9(3)4-5-15(12,13)6-9/h7H,4-6H2,1-3H3,(H2,10,11,14). The van der Waals surface area contributed by atoms with Crippen LogP contribution in [0.25, 0.3) is 0 Å². The molecule has 1 unspecified atom stereocenters. The Balaban J connectivity index is 2.55. The topological polar surface area (TPSA) is 58.2 Å². The number of sulfone groups is 1. The zero-order chi connectivity index (χ0) is 11.7. The van der Waals surface area contributed by atoms with Gasteiger partial charge in [0.2, 0.25) is 0 Å². The highest BCUT2D eigenvalue weighted by molar-refractivity contribution is 7.91. The summed E-state index contributed by atoms with van der Waals surface area (Å²) in [5.41, 5.74) is -0.405. The van der Waals surface area contributed by atoms with Gasteiger partial charge in [0.1, 0.15) is 0 Å². The summed E-state index contributed by atoms with van der Waals surface area (Å²) in [6, 6.07) is 0.256. The molecular weight excluding hydrogens is 232 g/mol. The molecule has 15 heavy (non-hydrogen) atoms. The Bertz CT molecular complexity index is 351. The summed E-state index contributed by atoms with van der Waals surface area (Å²) in [5, 5.41) is 6.66. The average molecular weight is 250 g/mol. The zero-order valence-electron chi connectivity index (χ0n) is 9.33. The van der Waals surface area contributed by atoms with Crippen LogP contribution < -0.4 is 10.6 Å². The van der Waals surface area contributed by atoms with E-state index in [2.05, 4.69) is 10.6 Å². The van der Waals surface area contributed by atoms with Gasteiger partial charge >= 0.3 is 0 Å². The van der Waals surface area contributed by atoms with Crippen molar-refractivity contribution < 1.29 is 8.42 Å². The average Bonchev–Trinajstić information content (AvgIpc) is 2.22. The van der Waals surface area contributed by atoms with Crippen LogP contribution in [0, 0.1) is 0 Å². The minimum Gasteiger partial charge on any atom is -0.361 e. The second-order valence-electron chi connectivity index (χ2n) is 4.66. The molecular formula is C9H18N2O2S2. The molecule has 0 spiro atoms. The predicted octanol–water partition coefficient (Wildman–Crippen LogP) is 0.436. The molecule has 1 aliphatic heterocycles. The van der Waals surface area contributed by atoms with Crippen LogP contribution in [0.2, 0.25) is 0 Å². The first-order chi connectivity index (χ1) is 6.72. The predicted molar refractivity (Wildman–Crippen MR) is 65.7 cm³/mol. The van der Waals surface area contributed by atoms with E-state index in [1.54, 1.807) is 0 Å². The molecule has 1 saturated heterocycles. The fourth-order valence-corrected chi connectivity index (χ4v) is 4.26. The highest BCUT2D eigenvalue weighted by Gasteiger charge is 2.38. The van der Waals surface area contributed by atoms with Crippen molar-refractivity contribution in [3.63, 3.8) is 0 Å². The highest BCUT2D eigenvalue weighted by Crippen LogP contribution is 2.22.